The number of amides is 1. The molecule has 1 amide bonds. The first-order valence-electron chi connectivity index (χ1n) is 8.14. The van der Waals surface area contributed by atoms with Crippen LogP contribution in [0.5, 0.6) is 11.5 Å². The molecule has 0 saturated heterocycles. The Bertz CT molecular complexity index is 1060. The zero-order chi connectivity index (χ0) is 17.0. The summed E-state index contributed by atoms with van der Waals surface area (Å²) in [5, 5.41) is 2.25. The van der Waals surface area contributed by atoms with Gasteiger partial charge >= 0.3 is 5.91 Å². The topological polar surface area (TPSA) is 38.8 Å². The third-order valence-corrected chi connectivity index (χ3v) is 4.79. The van der Waals surface area contributed by atoms with Gasteiger partial charge in [-0.25, -0.2) is 0 Å². The second kappa shape index (κ2) is 4.86. The maximum atomic E-state index is 12.7. The summed E-state index contributed by atoms with van der Waals surface area (Å²) in [7, 11) is 1.69. The number of carbonyl (C=O) groups is 1. The lowest BCUT2D eigenvalue weighted by Crippen LogP contribution is -2.60. The van der Waals surface area contributed by atoms with Gasteiger partial charge < -0.3 is 9.47 Å². The molecule has 0 bridgehead atoms. The second-order valence-corrected chi connectivity index (χ2v) is 6.23. The van der Waals surface area contributed by atoms with Crippen molar-refractivity contribution in [3.05, 3.63) is 77.9 Å². The van der Waals surface area contributed by atoms with Gasteiger partial charge in [0.25, 0.3) is 5.91 Å². The van der Waals surface area contributed by atoms with Gasteiger partial charge in [-0.3, -0.25) is 9.69 Å². The zero-order valence-corrected chi connectivity index (χ0v) is 13.6. The molecule has 4 heteroatoms. The van der Waals surface area contributed by atoms with Crippen molar-refractivity contribution in [1.82, 2.24) is 4.90 Å². The number of carbonyl (C=O) groups excluding carboxylic acids is 1. The van der Waals surface area contributed by atoms with Crippen LogP contribution < -0.4 is 9.47 Å². The second-order valence-electron chi connectivity index (χ2n) is 6.23. The van der Waals surface area contributed by atoms with Crippen LogP contribution in [0.15, 0.2) is 66.7 Å². The number of ether oxygens (including phenoxy) is 2. The molecule has 0 radical (unpaired) electrons. The van der Waals surface area contributed by atoms with Gasteiger partial charge in [0.1, 0.15) is 11.5 Å². The normalized spacial score (nSPS) is 20.8. The van der Waals surface area contributed by atoms with Crippen molar-refractivity contribution in [3.63, 3.8) is 0 Å². The molecule has 1 atom stereocenters. The number of nitrogens with zero attached hydrogens (tertiary/aromatic N) is 1. The lowest BCUT2D eigenvalue weighted by molar-refractivity contribution is -0.166. The summed E-state index contributed by atoms with van der Waals surface area (Å²) in [6.07, 6.45) is 3.77. The molecule has 25 heavy (non-hydrogen) atoms. The number of hydrogen-bond donors (Lipinski definition) is 0. The van der Waals surface area contributed by atoms with E-state index in [1.165, 1.54) is 4.90 Å². The minimum Gasteiger partial charge on any atom is -0.431 e. The summed E-state index contributed by atoms with van der Waals surface area (Å²) in [6.45, 7) is 0. The van der Waals surface area contributed by atoms with Gasteiger partial charge in [-0.05, 0) is 35.0 Å². The molecule has 4 nitrogen and oxygen atoms in total. The van der Waals surface area contributed by atoms with E-state index in [0.717, 1.165) is 16.3 Å². The highest BCUT2D eigenvalue weighted by Crippen LogP contribution is 2.41. The minimum absolute atomic E-state index is 0.129. The first-order valence-corrected chi connectivity index (χ1v) is 8.14. The standard InChI is InChI=1S/C21H15NO3/c1-22-20(23)17-8-4-5-9-18(17)24-21(22)13-12-16-15-7-3-2-6-14(15)10-11-19(16)25-21/h2-13H,1H3. The van der Waals surface area contributed by atoms with Gasteiger partial charge in [0, 0.05) is 18.7 Å². The molecule has 0 aliphatic carbocycles. The predicted molar refractivity (Wildman–Crippen MR) is 95.5 cm³/mol. The number of benzene rings is 3. The van der Waals surface area contributed by atoms with E-state index >= 15 is 0 Å². The van der Waals surface area contributed by atoms with Crippen molar-refractivity contribution in [2.75, 3.05) is 7.05 Å². The van der Waals surface area contributed by atoms with E-state index in [2.05, 4.69) is 12.1 Å². The monoisotopic (exact) mass is 329 g/mol. The third-order valence-electron chi connectivity index (χ3n) is 4.79. The highest BCUT2D eigenvalue weighted by Gasteiger charge is 2.47. The molecule has 5 rings (SSSR count). The van der Waals surface area contributed by atoms with Gasteiger partial charge in [-0.2, -0.15) is 0 Å². The Labute approximate surface area is 144 Å². The lowest BCUT2D eigenvalue weighted by Gasteiger charge is -2.43. The Morgan fingerprint density at radius 1 is 0.880 bits per heavy atom. The van der Waals surface area contributed by atoms with Crippen molar-refractivity contribution < 1.29 is 14.3 Å². The molecule has 1 spiro atoms. The number of para-hydroxylation sites is 1. The highest BCUT2D eigenvalue weighted by atomic mass is 16.7. The fraction of sp³-hybridized carbons (Fsp3) is 0.0952. The van der Waals surface area contributed by atoms with Crippen molar-refractivity contribution in [2.45, 2.75) is 5.91 Å². The lowest BCUT2D eigenvalue weighted by atomic mass is 10.0. The maximum Gasteiger partial charge on any atom is 0.362 e. The van der Waals surface area contributed by atoms with E-state index in [-0.39, 0.29) is 5.91 Å². The van der Waals surface area contributed by atoms with E-state index in [1.54, 1.807) is 25.3 Å². The summed E-state index contributed by atoms with van der Waals surface area (Å²) < 4.78 is 12.3. The van der Waals surface area contributed by atoms with Crippen LogP contribution in [0.3, 0.4) is 0 Å². The molecular weight excluding hydrogens is 314 g/mol. The van der Waals surface area contributed by atoms with Crippen molar-refractivity contribution in [3.8, 4) is 11.5 Å². The molecular formula is C21H15NO3. The molecule has 0 fully saturated rings. The number of hydrogen-bond acceptors (Lipinski definition) is 3. The van der Waals surface area contributed by atoms with Crippen LogP contribution in [0.4, 0.5) is 0 Å². The number of fused-ring (bicyclic) bond motifs is 4. The van der Waals surface area contributed by atoms with Crippen LogP contribution in [0, 0.1) is 0 Å². The van der Waals surface area contributed by atoms with Crippen molar-refractivity contribution in [1.29, 1.82) is 0 Å². The van der Waals surface area contributed by atoms with Crippen LogP contribution >= 0.6 is 0 Å². The average molecular weight is 329 g/mol. The van der Waals surface area contributed by atoms with E-state index in [4.69, 9.17) is 9.47 Å². The Kier molecular flexibility index (Phi) is 2.74. The Balaban J connectivity index is 1.65. The Morgan fingerprint density at radius 3 is 2.56 bits per heavy atom. The average Bonchev–Trinajstić information content (AvgIpc) is 2.66. The summed E-state index contributed by atoms with van der Waals surface area (Å²) in [5.41, 5.74) is 1.53. The largest absolute Gasteiger partial charge is 0.431 e. The summed E-state index contributed by atoms with van der Waals surface area (Å²) in [6, 6.07) is 19.3. The van der Waals surface area contributed by atoms with Gasteiger partial charge in [0.05, 0.1) is 5.56 Å². The molecule has 2 heterocycles. The van der Waals surface area contributed by atoms with Crippen molar-refractivity contribution >= 4 is 22.8 Å². The van der Waals surface area contributed by atoms with E-state index in [1.807, 2.05) is 42.5 Å². The molecule has 0 saturated carbocycles. The quantitative estimate of drug-likeness (QED) is 0.624. The van der Waals surface area contributed by atoms with Gasteiger partial charge in [-0.15, -0.1) is 0 Å². The van der Waals surface area contributed by atoms with Crippen LogP contribution in [0.2, 0.25) is 0 Å². The molecule has 0 N–H and O–H groups in total. The van der Waals surface area contributed by atoms with E-state index < -0.39 is 5.91 Å². The zero-order valence-electron chi connectivity index (χ0n) is 13.6. The summed E-state index contributed by atoms with van der Waals surface area (Å²) in [4.78, 5) is 14.2. The first kappa shape index (κ1) is 14.1. The Hall–Kier alpha value is -3.27. The number of likely N-dealkylation sites (N-methyl/N-ethyl adjacent to an activating group) is 1. The highest BCUT2D eigenvalue weighted by molar-refractivity contribution is 5.99. The van der Waals surface area contributed by atoms with Crippen LogP contribution in [0.1, 0.15) is 15.9 Å². The third kappa shape index (κ3) is 1.91. The molecule has 1 unspecified atom stereocenters. The number of rotatable bonds is 0. The van der Waals surface area contributed by atoms with Gasteiger partial charge in [0.15, 0.2) is 0 Å². The summed E-state index contributed by atoms with van der Waals surface area (Å²) in [5.74, 6) is -0.170. The summed E-state index contributed by atoms with van der Waals surface area (Å²) >= 11 is 0. The van der Waals surface area contributed by atoms with Gasteiger partial charge in [0.2, 0.25) is 0 Å². The van der Waals surface area contributed by atoms with E-state index in [9.17, 15) is 4.79 Å². The molecule has 3 aromatic carbocycles. The predicted octanol–water partition coefficient (Wildman–Crippen LogP) is 4.06. The fourth-order valence-electron chi connectivity index (χ4n) is 3.43. The van der Waals surface area contributed by atoms with Gasteiger partial charge in [-0.1, -0.05) is 42.5 Å². The van der Waals surface area contributed by atoms with Crippen LogP contribution in [0.25, 0.3) is 16.8 Å². The first-order chi connectivity index (χ1) is 12.2. The fourth-order valence-corrected chi connectivity index (χ4v) is 3.43. The molecule has 2 aliphatic heterocycles. The maximum absolute atomic E-state index is 12.7. The molecule has 122 valence electrons. The molecule has 0 aromatic heterocycles. The van der Waals surface area contributed by atoms with Crippen LogP contribution in [-0.2, 0) is 0 Å². The Morgan fingerprint density at radius 2 is 1.64 bits per heavy atom. The molecule has 2 aliphatic rings. The molecule has 3 aromatic rings. The van der Waals surface area contributed by atoms with Crippen molar-refractivity contribution in [2.24, 2.45) is 0 Å². The SMILES string of the molecule is CN1C(=O)c2ccccc2OC12C=Cc1c(ccc3ccccc13)O2. The minimum atomic E-state index is -1.26. The smallest absolute Gasteiger partial charge is 0.362 e. The van der Waals surface area contributed by atoms with E-state index in [0.29, 0.717) is 17.1 Å². The van der Waals surface area contributed by atoms with Crippen LogP contribution in [-0.4, -0.2) is 23.8 Å².